The van der Waals surface area contributed by atoms with E-state index in [0.29, 0.717) is 17.9 Å². The molecular formula is C23H27N5O2S. The number of aromatic nitrogens is 2. The van der Waals surface area contributed by atoms with Gasteiger partial charge in [-0.15, -0.1) is 0 Å². The lowest BCUT2D eigenvalue weighted by molar-refractivity contribution is 0.118. The van der Waals surface area contributed by atoms with Crippen LogP contribution >= 0.6 is 11.8 Å². The highest BCUT2D eigenvalue weighted by Crippen LogP contribution is 2.26. The highest BCUT2D eigenvalue weighted by Gasteiger charge is 2.19. The topological polar surface area (TPSA) is 73.8 Å². The van der Waals surface area contributed by atoms with E-state index in [4.69, 9.17) is 4.74 Å². The predicted octanol–water partition coefficient (Wildman–Crippen LogP) is 3.00. The highest BCUT2D eigenvalue weighted by atomic mass is 32.2. The number of fused-ring (bicyclic) bond motifs is 1. The summed E-state index contributed by atoms with van der Waals surface area (Å²) in [7, 11) is 3.61. The van der Waals surface area contributed by atoms with E-state index >= 15 is 0 Å². The first-order valence-electron chi connectivity index (χ1n) is 10.3. The van der Waals surface area contributed by atoms with Crippen LogP contribution in [0.1, 0.15) is 18.1 Å². The molecule has 2 aromatic rings. The lowest BCUT2D eigenvalue weighted by Gasteiger charge is -2.28. The molecule has 0 saturated heterocycles. The Kier molecular flexibility index (Phi) is 6.94. The lowest BCUT2D eigenvalue weighted by Crippen LogP contribution is -2.35. The summed E-state index contributed by atoms with van der Waals surface area (Å²) in [5.41, 5.74) is 6.76. The third kappa shape index (κ3) is 5.29. The van der Waals surface area contributed by atoms with Crippen molar-refractivity contribution in [1.82, 2.24) is 25.1 Å². The van der Waals surface area contributed by atoms with Crippen LogP contribution in [-0.2, 0) is 0 Å². The molecule has 0 saturated carbocycles. The summed E-state index contributed by atoms with van der Waals surface area (Å²) >= 11 is 1.67. The minimum absolute atomic E-state index is 0.518. The van der Waals surface area contributed by atoms with Crippen LogP contribution in [0.25, 0.3) is 11.0 Å². The van der Waals surface area contributed by atoms with Crippen LogP contribution in [0.15, 0.2) is 64.6 Å². The van der Waals surface area contributed by atoms with Gasteiger partial charge < -0.3 is 20.1 Å². The van der Waals surface area contributed by atoms with Gasteiger partial charge >= 0.3 is 0 Å². The van der Waals surface area contributed by atoms with Gasteiger partial charge in [0.05, 0.1) is 24.2 Å². The Bertz CT molecular complexity index is 1060. The van der Waals surface area contributed by atoms with Crippen LogP contribution in [0, 0.1) is 0 Å². The second-order valence-electron chi connectivity index (χ2n) is 7.42. The molecular weight excluding hydrogens is 410 g/mol. The molecule has 2 aliphatic heterocycles. The Morgan fingerprint density at radius 1 is 1.39 bits per heavy atom. The summed E-state index contributed by atoms with van der Waals surface area (Å²) in [4.78, 5) is 13.1. The first-order chi connectivity index (χ1) is 15.1. The molecule has 2 aliphatic rings. The fourth-order valence-corrected chi connectivity index (χ4v) is 4.33. The summed E-state index contributed by atoms with van der Waals surface area (Å²) in [6, 6.07) is 5.48. The number of nitrogens with one attached hydrogen (secondary N) is 1. The van der Waals surface area contributed by atoms with Gasteiger partial charge in [-0.2, -0.15) is 0 Å². The molecule has 4 heterocycles. The van der Waals surface area contributed by atoms with E-state index < -0.39 is 6.10 Å². The average Bonchev–Trinajstić information content (AvgIpc) is 3.21. The second kappa shape index (κ2) is 10.0. The molecule has 0 amide bonds. The molecule has 0 bridgehead atoms. The molecule has 0 radical (unpaired) electrons. The number of hydrogen-bond donors (Lipinski definition) is 2. The highest BCUT2D eigenvalue weighted by molar-refractivity contribution is 8.06. The van der Waals surface area contributed by atoms with E-state index in [2.05, 4.69) is 42.3 Å². The summed E-state index contributed by atoms with van der Waals surface area (Å²) in [5, 5.41) is 17.5. The number of aliphatic hydroxyl groups is 1. The molecule has 0 aromatic carbocycles. The van der Waals surface area contributed by atoms with Crippen LogP contribution in [0.4, 0.5) is 0 Å². The van der Waals surface area contributed by atoms with Gasteiger partial charge in [-0.1, -0.05) is 23.6 Å². The van der Waals surface area contributed by atoms with Crippen molar-refractivity contribution in [2.45, 2.75) is 12.5 Å². The quantitative estimate of drug-likeness (QED) is 0.641. The standard InChI is InChI=1S/C23H27N5O2S/c1-27-14-15-31-22(27)4-3-10-24-17-8-12-28(13-9-17)16-20(29)18-7-11-25-19-5-6-21(30-2)26-23(18)19/h3,5-8,11,14-15,20,24,29H,9-10,12-13,16H2,1-2H3/t4?,20-/m0/s1. The Morgan fingerprint density at radius 3 is 3.03 bits per heavy atom. The minimum atomic E-state index is -0.642. The van der Waals surface area contributed by atoms with Crippen LogP contribution in [0.3, 0.4) is 0 Å². The summed E-state index contributed by atoms with van der Waals surface area (Å²) in [6.07, 6.45) is 8.25. The largest absolute Gasteiger partial charge is 0.481 e. The summed E-state index contributed by atoms with van der Waals surface area (Å²) in [6.45, 7) is 2.99. The smallest absolute Gasteiger partial charge is 0.213 e. The van der Waals surface area contributed by atoms with Crippen LogP contribution in [-0.4, -0.2) is 65.2 Å². The second-order valence-corrected chi connectivity index (χ2v) is 8.32. The Morgan fingerprint density at radius 2 is 2.29 bits per heavy atom. The van der Waals surface area contributed by atoms with Crippen molar-refractivity contribution in [3.63, 3.8) is 0 Å². The van der Waals surface area contributed by atoms with E-state index in [1.54, 1.807) is 31.1 Å². The first kappa shape index (κ1) is 21.5. The normalized spacial score (nSPS) is 17.5. The molecule has 0 aliphatic carbocycles. The minimum Gasteiger partial charge on any atom is -0.481 e. The third-order valence-electron chi connectivity index (χ3n) is 5.32. The van der Waals surface area contributed by atoms with Crippen LogP contribution in [0.5, 0.6) is 5.88 Å². The molecule has 1 atom stereocenters. The number of nitrogens with zero attached hydrogens (tertiary/aromatic N) is 4. The fraction of sp³-hybridized carbons (Fsp3) is 0.348. The Hall–Kier alpha value is -2.77. The van der Waals surface area contributed by atoms with Gasteiger partial charge in [-0.3, -0.25) is 9.88 Å². The number of ether oxygens (including phenoxy) is 1. The SMILES string of the molecule is COc1ccc2nccc([C@@H](O)CN3CC=C(NCC=C=C4SC=CN4C)CC3)c2n1. The van der Waals surface area contributed by atoms with Gasteiger partial charge in [0.2, 0.25) is 5.88 Å². The average molecular weight is 438 g/mol. The number of aliphatic hydroxyl groups excluding tert-OH is 1. The molecule has 7 nitrogen and oxygen atoms in total. The van der Waals surface area contributed by atoms with E-state index in [9.17, 15) is 5.11 Å². The van der Waals surface area contributed by atoms with Crippen molar-refractivity contribution in [1.29, 1.82) is 0 Å². The molecule has 162 valence electrons. The monoisotopic (exact) mass is 437 g/mol. The molecule has 0 spiro atoms. The van der Waals surface area contributed by atoms with Gasteiger partial charge in [0.15, 0.2) is 0 Å². The molecule has 4 rings (SSSR count). The zero-order valence-corrected chi connectivity index (χ0v) is 18.6. The van der Waals surface area contributed by atoms with Crippen molar-refractivity contribution in [3.8, 4) is 5.88 Å². The van der Waals surface area contributed by atoms with Gasteiger partial charge in [0, 0.05) is 63.0 Å². The number of rotatable bonds is 7. The van der Waals surface area contributed by atoms with Crippen molar-refractivity contribution in [2.75, 3.05) is 40.3 Å². The van der Waals surface area contributed by atoms with E-state index in [1.165, 1.54) is 5.70 Å². The fourth-order valence-electron chi connectivity index (χ4n) is 3.58. The molecule has 31 heavy (non-hydrogen) atoms. The predicted molar refractivity (Wildman–Crippen MR) is 124 cm³/mol. The summed E-state index contributed by atoms with van der Waals surface area (Å²) in [5.74, 6) is 0.518. The van der Waals surface area contributed by atoms with Crippen molar-refractivity contribution in [3.05, 3.63) is 70.2 Å². The molecule has 0 unspecified atom stereocenters. The third-order valence-corrected chi connectivity index (χ3v) is 6.21. The van der Waals surface area contributed by atoms with Gasteiger partial charge in [-0.25, -0.2) is 4.98 Å². The maximum Gasteiger partial charge on any atom is 0.213 e. The van der Waals surface area contributed by atoms with E-state index in [-0.39, 0.29) is 0 Å². The van der Waals surface area contributed by atoms with E-state index in [1.807, 2.05) is 31.5 Å². The van der Waals surface area contributed by atoms with Crippen molar-refractivity contribution >= 4 is 22.8 Å². The molecule has 8 heteroatoms. The van der Waals surface area contributed by atoms with Gasteiger partial charge in [-0.05, 0) is 30.0 Å². The summed E-state index contributed by atoms with van der Waals surface area (Å²) < 4.78 is 5.23. The van der Waals surface area contributed by atoms with Crippen LogP contribution in [0.2, 0.25) is 0 Å². The maximum atomic E-state index is 10.9. The van der Waals surface area contributed by atoms with Gasteiger partial charge in [0.25, 0.3) is 0 Å². The number of hydrogen-bond acceptors (Lipinski definition) is 8. The van der Waals surface area contributed by atoms with Crippen molar-refractivity contribution in [2.24, 2.45) is 0 Å². The van der Waals surface area contributed by atoms with E-state index in [0.717, 1.165) is 42.2 Å². The Labute approximate surface area is 186 Å². The number of β-amino-alcohol motifs (C(OH)–C–C–N with tert-alkyl or cyclic N) is 1. The Balaban J connectivity index is 1.33. The number of thioether (sulfide) groups is 1. The molecule has 0 fully saturated rings. The molecule has 2 aromatic heterocycles. The lowest BCUT2D eigenvalue weighted by atomic mass is 10.1. The number of pyridine rings is 2. The zero-order valence-electron chi connectivity index (χ0n) is 17.8. The maximum absolute atomic E-state index is 10.9. The first-order valence-corrected chi connectivity index (χ1v) is 11.2. The van der Waals surface area contributed by atoms with Crippen molar-refractivity contribution < 1.29 is 9.84 Å². The zero-order chi connectivity index (χ0) is 21.6. The molecule has 2 N–H and O–H groups in total. The number of methoxy groups -OCH3 is 1. The van der Waals surface area contributed by atoms with Crippen LogP contribution < -0.4 is 10.1 Å². The van der Waals surface area contributed by atoms with Gasteiger partial charge in [0.1, 0.15) is 5.03 Å².